The Morgan fingerprint density at radius 1 is 1.35 bits per heavy atom. The molecule has 1 aromatic heterocycles. The van der Waals surface area contributed by atoms with Crippen molar-refractivity contribution >= 4 is 5.82 Å². The van der Waals surface area contributed by atoms with E-state index in [-0.39, 0.29) is 0 Å². The lowest BCUT2D eigenvalue weighted by Crippen LogP contribution is -2.33. The molecule has 1 aliphatic rings. The zero-order valence-corrected chi connectivity index (χ0v) is 10.9. The summed E-state index contributed by atoms with van der Waals surface area (Å²) in [5.41, 5.74) is 1.17. The molecule has 0 bridgehead atoms. The van der Waals surface area contributed by atoms with Crippen molar-refractivity contribution in [1.82, 2.24) is 9.88 Å². The molecule has 17 heavy (non-hydrogen) atoms. The Kier molecular flexibility index (Phi) is 4.37. The molecule has 3 heteroatoms. The summed E-state index contributed by atoms with van der Waals surface area (Å²) in [4.78, 5) is 7.09. The molecule has 0 atom stereocenters. The normalized spacial score (nSPS) is 18.2. The fourth-order valence-corrected chi connectivity index (χ4v) is 2.49. The van der Waals surface area contributed by atoms with Crippen LogP contribution < -0.4 is 5.32 Å². The van der Waals surface area contributed by atoms with Crippen molar-refractivity contribution < 1.29 is 0 Å². The van der Waals surface area contributed by atoms with E-state index in [2.05, 4.69) is 34.3 Å². The summed E-state index contributed by atoms with van der Waals surface area (Å²) < 4.78 is 0. The highest BCUT2D eigenvalue weighted by Gasteiger charge is 2.17. The molecule has 1 N–H and O–H groups in total. The molecule has 0 unspecified atom stereocenters. The van der Waals surface area contributed by atoms with Crippen LogP contribution in [0.1, 0.15) is 31.9 Å². The van der Waals surface area contributed by atoms with E-state index in [1.165, 1.54) is 38.0 Å². The molecule has 3 nitrogen and oxygen atoms in total. The van der Waals surface area contributed by atoms with Gasteiger partial charge in [-0.1, -0.05) is 19.4 Å². The molecular formula is C14H23N3. The van der Waals surface area contributed by atoms with Gasteiger partial charge in [0.15, 0.2) is 0 Å². The van der Waals surface area contributed by atoms with E-state index in [4.69, 9.17) is 0 Å². The maximum atomic E-state index is 4.57. The lowest BCUT2D eigenvalue weighted by Gasteiger charge is -2.31. The summed E-state index contributed by atoms with van der Waals surface area (Å²) in [5.74, 6) is 1.91. The molecule has 1 saturated heterocycles. The highest BCUT2D eigenvalue weighted by atomic mass is 15.1. The van der Waals surface area contributed by atoms with Gasteiger partial charge in [0, 0.05) is 13.6 Å². The topological polar surface area (TPSA) is 28.2 Å². The number of rotatable bonds is 4. The highest BCUT2D eigenvalue weighted by Crippen LogP contribution is 2.21. The van der Waals surface area contributed by atoms with Crippen LogP contribution in [0.2, 0.25) is 0 Å². The minimum Gasteiger partial charge on any atom is -0.373 e. The molecule has 0 radical (unpaired) electrons. The molecule has 1 fully saturated rings. The van der Waals surface area contributed by atoms with Crippen molar-refractivity contribution in [3.8, 4) is 0 Å². The van der Waals surface area contributed by atoms with Gasteiger partial charge in [0.25, 0.3) is 0 Å². The first-order valence-electron chi connectivity index (χ1n) is 6.68. The molecule has 0 aliphatic carbocycles. The van der Waals surface area contributed by atoms with Gasteiger partial charge in [-0.3, -0.25) is 4.90 Å². The molecule has 0 amide bonds. The summed E-state index contributed by atoms with van der Waals surface area (Å²) in [6, 6.07) is 6.20. The average Bonchev–Trinajstić information content (AvgIpc) is 2.40. The molecule has 2 rings (SSSR count). The number of hydrogen-bond acceptors (Lipinski definition) is 3. The second-order valence-corrected chi connectivity index (χ2v) is 4.89. The van der Waals surface area contributed by atoms with Gasteiger partial charge in [-0.05, 0) is 44.0 Å². The first-order chi connectivity index (χ1) is 8.31. The van der Waals surface area contributed by atoms with E-state index >= 15 is 0 Å². The Morgan fingerprint density at radius 2 is 2.12 bits per heavy atom. The fourth-order valence-electron chi connectivity index (χ4n) is 2.49. The van der Waals surface area contributed by atoms with Crippen LogP contribution in [-0.2, 0) is 6.54 Å². The van der Waals surface area contributed by atoms with Crippen LogP contribution in [0, 0.1) is 5.92 Å². The number of nitrogens with one attached hydrogen (secondary N) is 1. The van der Waals surface area contributed by atoms with Gasteiger partial charge in [-0.15, -0.1) is 0 Å². The minimum atomic E-state index is 0.947. The van der Waals surface area contributed by atoms with Crippen molar-refractivity contribution in [3.05, 3.63) is 23.9 Å². The van der Waals surface area contributed by atoms with Gasteiger partial charge in [-0.2, -0.15) is 0 Å². The van der Waals surface area contributed by atoms with Crippen molar-refractivity contribution in [3.63, 3.8) is 0 Å². The van der Waals surface area contributed by atoms with E-state index < -0.39 is 0 Å². The number of aromatic nitrogens is 1. The van der Waals surface area contributed by atoms with E-state index in [9.17, 15) is 0 Å². The zero-order valence-electron chi connectivity index (χ0n) is 10.9. The maximum Gasteiger partial charge on any atom is 0.126 e. The van der Waals surface area contributed by atoms with Gasteiger partial charge >= 0.3 is 0 Å². The van der Waals surface area contributed by atoms with Crippen LogP contribution in [0.4, 0.5) is 5.82 Å². The SMILES string of the molecule is CCC1CCN(Cc2cccc(NC)n2)CC1. The Morgan fingerprint density at radius 3 is 2.76 bits per heavy atom. The fraction of sp³-hybridized carbons (Fsp3) is 0.643. The number of piperidine rings is 1. The van der Waals surface area contributed by atoms with E-state index in [0.29, 0.717) is 0 Å². The number of pyridine rings is 1. The largest absolute Gasteiger partial charge is 0.373 e. The first kappa shape index (κ1) is 12.4. The lowest BCUT2D eigenvalue weighted by molar-refractivity contribution is 0.173. The monoisotopic (exact) mass is 233 g/mol. The Balaban J connectivity index is 1.88. The molecule has 0 saturated carbocycles. The van der Waals surface area contributed by atoms with Gasteiger partial charge in [0.2, 0.25) is 0 Å². The second kappa shape index (κ2) is 6.01. The molecular weight excluding hydrogens is 210 g/mol. The number of likely N-dealkylation sites (tertiary alicyclic amines) is 1. The Labute approximate surface area is 104 Å². The van der Waals surface area contributed by atoms with Gasteiger partial charge in [0.05, 0.1) is 5.69 Å². The number of hydrogen-bond donors (Lipinski definition) is 1. The predicted octanol–water partition coefficient (Wildman–Crippen LogP) is 2.75. The quantitative estimate of drug-likeness (QED) is 0.866. The Bertz CT molecular complexity index is 343. The third kappa shape index (κ3) is 3.43. The average molecular weight is 233 g/mol. The summed E-state index contributed by atoms with van der Waals surface area (Å²) in [6.45, 7) is 5.75. The second-order valence-electron chi connectivity index (χ2n) is 4.89. The van der Waals surface area contributed by atoms with Gasteiger partial charge in [0.1, 0.15) is 5.82 Å². The van der Waals surface area contributed by atoms with Gasteiger partial charge in [-0.25, -0.2) is 4.98 Å². The van der Waals surface area contributed by atoms with Crippen molar-refractivity contribution in [2.24, 2.45) is 5.92 Å². The van der Waals surface area contributed by atoms with Crippen LogP contribution >= 0.6 is 0 Å². The van der Waals surface area contributed by atoms with E-state index in [0.717, 1.165) is 18.3 Å². The van der Waals surface area contributed by atoms with E-state index in [1.807, 2.05) is 13.1 Å². The number of anilines is 1. The summed E-state index contributed by atoms with van der Waals surface area (Å²) in [6.07, 6.45) is 4.03. The first-order valence-corrected chi connectivity index (χ1v) is 6.68. The van der Waals surface area contributed by atoms with E-state index in [1.54, 1.807) is 0 Å². The van der Waals surface area contributed by atoms with Crippen molar-refractivity contribution in [2.45, 2.75) is 32.7 Å². The molecule has 0 aromatic carbocycles. The third-order valence-corrected chi connectivity index (χ3v) is 3.73. The maximum absolute atomic E-state index is 4.57. The zero-order chi connectivity index (χ0) is 12.1. The number of nitrogens with zero attached hydrogens (tertiary/aromatic N) is 2. The molecule has 0 spiro atoms. The van der Waals surface area contributed by atoms with Crippen LogP contribution in [-0.4, -0.2) is 30.0 Å². The smallest absolute Gasteiger partial charge is 0.126 e. The van der Waals surface area contributed by atoms with Crippen LogP contribution in [0.5, 0.6) is 0 Å². The Hall–Kier alpha value is -1.09. The molecule has 2 heterocycles. The molecule has 1 aliphatic heterocycles. The van der Waals surface area contributed by atoms with Crippen LogP contribution in [0.3, 0.4) is 0 Å². The van der Waals surface area contributed by atoms with Crippen molar-refractivity contribution in [2.75, 3.05) is 25.5 Å². The van der Waals surface area contributed by atoms with Gasteiger partial charge < -0.3 is 5.32 Å². The predicted molar refractivity (Wildman–Crippen MR) is 72.1 cm³/mol. The summed E-state index contributed by atoms with van der Waals surface area (Å²) in [7, 11) is 1.92. The standard InChI is InChI=1S/C14H23N3/c1-3-12-7-9-17(10-8-12)11-13-5-4-6-14(15-2)16-13/h4-6,12H,3,7-11H2,1-2H3,(H,15,16). The van der Waals surface area contributed by atoms with Crippen LogP contribution in [0.15, 0.2) is 18.2 Å². The highest BCUT2D eigenvalue weighted by molar-refractivity contribution is 5.34. The third-order valence-electron chi connectivity index (χ3n) is 3.73. The summed E-state index contributed by atoms with van der Waals surface area (Å²) >= 11 is 0. The lowest BCUT2D eigenvalue weighted by atomic mass is 9.94. The molecule has 94 valence electrons. The minimum absolute atomic E-state index is 0.947. The molecule has 1 aromatic rings. The van der Waals surface area contributed by atoms with Crippen LogP contribution in [0.25, 0.3) is 0 Å². The van der Waals surface area contributed by atoms with Crippen molar-refractivity contribution in [1.29, 1.82) is 0 Å². The summed E-state index contributed by atoms with van der Waals surface area (Å²) in [5, 5.41) is 3.09.